The highest BCUT2D eigenvalue weighted by atomic mass is 31.2. The topological polar surface area (TPSA) is 64.0 Å². The molecule has 2 aromatic heterocycles. The molecule has 5 nitrogen and oxygen atoms in total. The number of hydrogen-bond acceptors (Lipinski definition) is 4. The van der Waals surface area contributed by atoms with Crippen LogP contribution in [0.4, 0.5) is 11.5 Å². The maximum atomic E-state index is 13.0. The summed E-state index contributed by atoms with van der Waals surface area (Å²) < 4.78 is 13.8. The van der Waals surface area contributed by atoms with Crippen molar-refractivity contribution in [3.63, 3.8) is 0 Å². The van der Waals surface area contributed by atoms with E-state index in [1.54, 1.807) is 24.9 Å². The van der Waals surface area contributed by atoms with Gasteiger partial charge in [0, 0.05) is 29.0 Å². The zero-order valence-electron chi connectivity index (χ0n) is 17.5. The van der Waals surface area contributed by atoms with Gasteiger partial charge < -0.3 is 9.88 Å². The Kier molecular flexibility index (Phi) is 5.08. The summed E-state index contributed by atoms with van der Waals surface area (Å²) in [6, 6.07) is 21.2. The van der Waals surface area contributed by atoms with Crippen molar-refractivity contribution in [1.29, 1.82) is 0 Å². The van der Waals surface area contributed by atoms with Crippen LogP contribution in [0.5, 0.6) is 0 Å². The molecule has 2 aromatic carbocycles. The van der Waals surface area contributed by atoms with Crippen molar-refractivity contribution in [1.82, 2.24) is 9.55 Å². The van der Waals surface area contributed by atoms with Crippen LogP contribution in [0.2, 0.25) is 0 Å². The lowest BCUT2D eigenvalue weighted by molar-refractivity contribution is 0.588. The molecule has 0 atom stereocenters. The number of benzene rings is 2. The van der Waals surface area contributed by atoms with Crippen LogP contribution < -0.4 is 16.2 Å². The summed E-state index contributed by atoms with van der Waals surface area (Å²) in [5.41, 5.74) is 4.06. The van der Waals surface area contributed by atoms with Crippen molar-refractivity contribution in [2.45, 2.75) is 6.92 Å². The lowest BCUT2D eigenvalue weighted by atomic mass is 10.0. The highest BCUT2D eigenvalue weighted by molar-refractivity contribution is 7.70. The molecule has 6 heteroatoms. The maximum absolute atomic E-state index is 13.0. The number of aromatic nitrogens is 2. The molecule has 0 aliphatic rings. The van der Waals surface area contributed by atoms with Gasteiger partial charge in [-0.3, -0.25) is 9.36 Å². The Bertz CT molecular complexity index is 1350. The first-order valence-electron chi connectivity index (χ1n) is 9.73. The Morgan fingerprint density at radius 3 is 2.30 bits per heavy atom. The maximum Gasteiger partial charge on any atom is 0.259 e. The number of fused-ring (bicyclic) bond motifs is 1. The summed E-state index contributed by atoms with van der Waals surface area (Å²) in [5, 5.41) is 5.00. The zero-order valence-corrected chi connectivity index (χ0v) is 18.4. The van der Waals surface area contributed by atoms with Gasteiger partial charge in [0.1, 0.15) is 18.6 Å². The fourth-order valence-electron chi connectivity index (χ4n) is 3.52. The van der Waals surface area contributed by atoms with Crippen LogP contribution in [0.3, 0.4) is 0 Å². The normalized spacial score (nSPS) is 11.6. The number of nitrogens with one attached hydrogen (secondary N) is 1. The van der Waals surface area contributed by atoms with Gasteiger partial charge in [-0.15, -0.1) is 0 Å². The van der Waals surface area contributed by atoms with Gasteiger partial charge in [0.15, 0.2) is 0 Å². The van der Waals surface area contributed by atoms with Crippen LogP contribution in [0.1, 0.15) is 5.56 Å². The molecule has 0 saturated heterocycles. The second-order valence-corrected chi connectivity index (χ2v) is 11.1. The van der Waals surface area contributed by atoms with Gasteiger partial charge in [0.2, 0.25) is 0 Å². The van der Waals surface area contributed by atoms with Crippen molar-refractivity contribution in [2.75, 3.05) is 18.6 Å². The molecule has 4 rings (SSSR count). The van der Waals surface area contributed by atoms with Gasteiger partial charge in [0.25, 0.3) is 5.56 Å². The van der Waals surface area contributed by atoms with E-state index >= 15 is 0 Å². The number of pyridine rings is 2. The molecule has 0 aliphatic heterocycles. The smallest absolute Gasteiger partial charge is 0.259 e. The number of nitrogens with zero attached hydrogens (tertiary/aromatic N) is 2. The van der Waals surface area contributed by atoms with Gasteiger partial charge in [-0.25, -0.2) is 4.98 Å². The molecular formula is C24H24N3O2P. The average molecular weight is 417 g/mol. The Morgan fingerprint density at radius 1 is 0.933 bits per heavy atom. The Hall–Kier alpha value is -3.17. The van der Waals surface area contributed by atoms with E-state index in [-0.39, 0.29) is 5.56 Å². The molecule has 0 saturated carbocycles. The SMILES string of the molecule is Cc1ccccc1-c1cc2ccc(Nc3ccc(P(C)(C)=O)cc3)nc2n(C)c1=O. The third-order valence-electron chi connectivity index (χ3n) is 5.25. The van der Waals surface area contributed by atoms with E-state index in [4.69, 9.17) is 0 Å². The van der Waals surface area contributed by atoms with Crippen molar-refractivity contribution in [3.8, 4) is 11.1 Å². The number of hydrogen-bond donors (Lipinski definition) is 1. The minimum atomic E-state index is -2.28. The molecule has 0 spiro atoms. The van der Waals surface area contributed by atoms with E-state index in [2.05, 4.69) is 10.3 Å². The number of aryl methyl sites for hydroxylation is 2. The molecule has 30 heavy (non-hydrogen) atoms. The molecule has 152 valence electrons. The standard InChI is InChI=1S/C24H24N3O2P/c1-16-7-5-6-8-20(16)21-15-17-9-14-22(26-23(17)27(2)24(21)28)25-18-10-12-19(13-11-18)30(3,4)29/h5-15H,1-4H3,(H,25,26). The summed E-state index contributed by atoms with van der Waals surface area (Å²) >= 11 is 0. The van der Waals surface area contributed by atoms with E-state index in [0.29, 0.717) is 17.0 Å². The van der Waals surface area contributed by atoms with E-state index < -0.39 is 7.14 Å². The number of rotatable bonds is 4. The first-order chi connectivity index (χ1) is 14.2. The third-order valence-corrected chi connectivity index (χ3v) is 6.80. The lowest BCUT2D eigenvalue weighted by Gasteiger charge is -2.13. The highest BCUT2D eigenvalue weighted by Crippen LogP contribution is 2.34. The predicted octanol–water partition coefficient (Wildman–Crippen LogP) is 4.90. The molecule has 4 aromatic rings. The van der Waals surface area contributed by atoms with Gasteiger partial charge in [0.05, 0.1) is 0 Å². The van der Waals surface area contributed by atoms with Gasteiger partial charge in [-0.2, -0.15) is 0 Å². The Labute approximate surface area is 175 Å². The van der Waals surface area contributed by atoms with Crippen molar-refractivity contribution >= 4 is 35.0 Å². The molecule has 0 radical (unpaired) electrons. The summed E-state index contributed by atoms with van der Waals surface area (Å²) in [4.78, 5) is 17.7. The van der Waals surface area contributed by atoms with Crippen molar-refractivity contribution in [3.05, 3.63) is 82.6 Å². The van der Waals surface area contributed by atoms with Crippen LogP contribution in [0.25, 0.3) is 22.2 Å². The average Bonchev–Trinajstić information content (AvgIpc) is 2.71. The largest absolute Gasteiger partial charge is 0.340 e. The molecule has 0 unspecified atom stereocenters. The van der Waals surface area contributed by atoms with Gasteiger partial charge in [-0.1, -0.05) is 24.3 Å². The molecular weight excluding hydrogens is 393 g/mol. The summed E-state index contributed by atoms with van der Waals surface area (Å²) in [6.07, 6.45) is 0. The molecule has 0 amide bonds. The fraction of sp³-hybridized carbons (Fsp3) is 0.167. The minimum absolute atomic E-state index is 0.0764. The predicted molar refractivity (Wildman–Crippen MR) is 126 cm³/mol. The van der Waals surface area contributed by atoms with E-state index in [9.17, 15) is 9.36 Å². The van der Waals surface area contributed by atoms with Crippen LogP contribution in [0, 0.1) is 6.92 Å². The molecule has 1 N–H and O–H groups in total. The molecule has 0 bridgehead atoms. The van der Waals surface area contributed by atoms with Crippen LogP contribution in [-0.2, 0) is 11.6 Å². The van der Waals surface area contributed by atoms with Gasteiger partial charge >= 0.3 is 0 Å². The van der Waals surface area contributed by atoms with E-state index in [0.717, 1.165) is 27.5 Å². The van der Waals surface area contributed by atoms with Crippen LogP contribution >= 0.6 is 7.14 Å². The molecule has 0 aliphatic carbocycles. The van der Waals surface area contributed by atoms with Crippen LogP contribution in [0.15, 0.2) is 71.5 Å². The van der Waals surface area contributed by atoms with Gasteiger partial charge in [-0.05, 0) is 73.8 Å². The highest BCUT2D eigenvalue weighted by Gasteiger charge is 2.13. The lowest BCUT2D eigenvalue weighted by Crippen LogP contribution is -2.20. The minimum Gasteiger partial charge on any atom is -0.340 e. The number of anilines is 2. The first-order valence-corrected chi connectivity index (χ1v) is 12.3. The zero-order chi connectivity index (χ0) is 21.5. The third kappa shape index (κ3) is 3.81. The first kappa shape index (κ1) is 20.1. The molecule has 2 heterocycles. The fourth-order valence-corrected chi connectivity index (χ4v) is 4.39. The summed E-state index contributed by atoms with van der Waals surface area (Å²) in [5.74, 6) is 0.644. The molecule has 0 fully saturated rings. The Morgan fingerprint density at radius 2 is 1.63 bits per heavy atom. The van der Waals surface area contributed by atoms with Crippen molar-refractivity contribution in [2.24, 2.45) is 7.05 Å². The van der Waals surface area contributed by atoms with E-state index in [1.165, 1.54) is 0 Å². The van der Waals surface area contributed by atoms with E-state index in [1.807, 2.05) is 73.7 Å². The monoisotopic (exact) mass is 417 g/mol. The van der Waals surface area contributed by atoms with Crippen molar-refractivity contribution < 1.29 is 4.57 Å². The summed E-state index contributed by atoms with van der Waals surface area (Å²) in [6.45, 7) is 5.52. The quantitative estimate of drug-likeness (QED) is 0.480. The summed E-state index contributed by atoms with van der Waals surface area (Å²) in [7, 11) is -0.532. The second-order valence-electron chi connectivity index (χ2n) is 7.87. The van der Waals surface area contributed by atoms with Crippen LogP contribution in [-0.4, -0.2) is 22.9 Å². The second kappa shape index (κ2) is 7.58. The Balaban J connectivity index is 1.72.